The van der Waals surface area contributed by atoms with Crippen LogP contribution in [0.25, 0.3) is 0 Å². The van der Waals surface area contributed by atoms with Gasteiger partial charge >= 0.3 is 0 Å². The molecule has 2 rings (SSSR count). The van der Waals surface area contributed by atoms with Gasteiger partial charge in [-0.15, -0.1) is 0 Å². The summed E-state index contributed by atoms with van der Waals surface area (Å²) in [7, 11) is 0. The highest BCUT2D eigenvalue weighted by Gasteiger charge is 2.09. The second kappa shape index (κ2) is 6.04. The van der Waals surface area contributed by atoms with Crippen molar-refractivity contribution in [2.24, 2.45) is 0 Å². The van der Waals surface area contributed by atoms with Gasteiger partial charge in [0.05, 0.1) is 17.8 Å². The fourth-order valence-corrected chi connectivity index (χ4v) is 2.06. The molecular formula is C14H12Cl2N2O. The number of hydrogen-bond acceptors (Lipinski definition) is 2. The molecule has 0 radical (unpaired) electrons. The molecule has 5 heteroatoms. The van der Waals surface area contributed by atoms with Gasteiger partial charge in [0.15, 0.2) is 0 Å². The van der Waals surface area contributed by atoms with Crippen LogP contribution >= 0.6 is 23.2 Å². The van der Waals surface area contributed by atoms with Crippen LogP contribution in [0.15, 0.2) is 36.4 Å². The molecule has 0 fully saturated rings. The van der Waals surface area contributed by atoms with E-state index in [0.717, 1.165) is 5.56 Å². The third kappa shape index (κ3) is 3.69. The summed E-state index contributed by atoms with van der Waals surface area (Å²) in [5.41, 5.74) is 2.13. The van der Waals surface area contributed by atoms with Crippen molar-refractivity contribution in [3.05, 3.63) is 57.8 Å². The Hall–Kier alpha value is -1.58. The molecule has 0 aliphatic heterocycles. The van der Waals surface area contributed by atoms with E-state index in [4.69, 9.17) is 23.2 Å². The number of carbonyl (C=O) groups is 1. The Morgan fingerprint density at radius 1 is 1.21 bits per heavy atom. The van der Waals surface area contributed by atoms with Crippen LogP contribution in [0.4, 0.5) is 5.69 Å². The maximum atomic E-state index is 11.9. The first-order valence-electron chi connectivity index (χ1n) is 5.72. The van der Waals surface area contributed by atoms with Crippen molar-refractivity contribution < 1.29 is 4.79 Å². The maximum absolute atomic E-state index is 11.9. The zero-order chi connectivity index (χ0) is 13.8. The molecule has 1 heterocycles. The number of amides is 1. The lowest BCUT2D eigenvalue weighted by Gasteiger charge is -2.08. The van der Waals surface area contributed by atoms with Gasteiger partial charge in [-0.3, -0.25) is 4.79 Å². The van der Waals surface area contributed by atoms with E-state index in [1.54, 1.807) is 25.1 Å². The standard InChI is InChI=1S/C14H12Cl2N2O/c1-9-12(6-7-13(16)17-9)18-14(19)8-10-4-2-3-5-11(10)15/h2-7H,8H2,1H3,(H,18,19). The number of hydrogen-bond donors (Lipinski definition) is 1. The van der Waals surface area contributed by atoms with E-state index < -0.39 is 0 Å². The quantitative estimate of drug-likeness (QED) is 0.873. The molecular weight excluding hydrogens is 283 g/mol. The first-order valence-corrected chi connectivity index (χ1v) is 6.48. The number of nitrogens with zero attached hydrogens (tertiary/aromatic N) is 1. The average Bonchev–Trinajstić information content (AvgIpc) is 2.36. The van der Waals surface area contributed by atoms with Crippen LogP contribution in [0.1, 0.15) is 11.3 Å². The van der Waals surface area contributed by atoms with E-state index in [0.29, 0.717) is 21.6 Å². The third-order valence-corrected chi connectivity index (χ3v) is 3.21. The molecule has 1 aromatic heterocycles. The fraction of sp³-hybridized carbons (Fsp3) is 0.143. The topological polar surface area (TPSA) is 42.0 Å². The minimum Gasteiger partial charge on any atom is -0.324 e. The van der Waals surface area contributed by atoms with Gasteiger partial charge in [0, 0.05) is 5.02 Å². The van der Waals surface area contributed by atoms with Gasteiger partial charge < -0.3 is 5.32 Å². The molecule has 19 heavy (non-hydrogen) atoms. The lowest BCUT2D eigenvalue weighted by molar-refractivity contribution is -0.115. The summed E-state index contributed by atoms with van der Waals surface area (Å²) in [6.45, 7) is 1.79. The maximum Gasteiger partial charge on any atom is 0.228 e. The predicted molar refractivity (Wildman–Crippen MR) is 77.8 cm³/mol. The number of nitrogens with one attached hydrogen (secondary N) is 1. The number of benzene rings is 1. The van der Waals surface area contributed by atoms with Gasteiger partial charge in [0.25, 0.3) is 0 Å². The SMILES string of the molecule is Cc1nc(Cl)ccc1NC(=O)Cc1ccccc1Cl. The van der Waals surface area contributed by atoms with Crippen LogP contribution in [0.3, 0.4) is 0 Å². The number of halogens is 2. The van der Waals surface area contributed by atoms with Gasteiger partial charge in [0.1, 0.15) is 5.15 Å². The van der Waals surface area contributed by atoms with E-state index in [-0.39, 0.29) is 12.3 Å². The average molecular weight is 295 g/mol. The molecule has 1 N–H and O–H groups in total. The van der Waals surface area contributed by atoms with Gasteiger partial charge in [-0.25, -0.2) is 4.98 Å². The highest BCUT2D eigenvalue weighted by molar-refractivity contribution is 6.31. The van der Waals surface area contributed by atoms with E-state index in [2.05, 4.69) is 10.3 Å². The molecule has 0 saturated carbocycles. The molecule has 0 atom stereocenters. The number of anilines is 1. The second-order valence-corrected chi connectivity index (χ2v) is 4.88. The summed E-state index contributed by atoms with van der Waals surface area (Å²) in [5.74, 6) is -0.139. The number of pyridine rings is 1. The first kappa shape index (κ1) is 13.8. The van der Waals surface area contributed by atoms with Crippen LogP contribution in [0.5, 0.6) is 0 Å². The number of rotatable bonds is 3. The van der Waals surface area contributed by atoms with E-state index >= 15 is 0 Å². The summed E-state index contributed by atoms with van der Waals surface area (Å²) in [5, 5.41) is 3.79. The molecule has 3 nitrogen and oxygen atoms in total. The molecule has 1 aromatic carbocycles. The highest BCUT2D eigenvalue weighted by atomic mass is 35.5. The minimum atomic E-state index is -0.139. The molecule has 0 spiro atoms. The Morgan fingerprint density at radius 3 is 2.63 bits per heavy atom. The summed E-state index contributed by atoms with van der Waals surface area (Å²) in [6, 6.07) is 10.6. The number of carbonyl (C=O) groups excluding carboxylic acids is 1. The van der Waals surface area contributed by atoms with Gasteiger partial charge in [-0.2, -0.15) is 0 Å². The van der Waals surface area contributed by atoms with Crippen molar-refractivity contribution in [2.45, 2.75) is 13.3 Å². The van der Waals surface area contributed by atoms with Crippen molar-refractivity contribution in [3.8, 4) is 0 Å². The molecule has 0 aliphatic rings. The second-order valence-electron chi connectivity index (χ2n) is 4.08. The summed E-state index contributed by atoms with van der Waals surface area (Å²) >= 11 is 11.8. The molecule has 98 valence electrons. The van der Waals surface area contributed by atoms with Crippen LogP contribution in [-0.2, 0) is 11.2 Å². The highest BCUT2D eigenvalue weighted by Crippen LogP contribution is 2.18. The van der Waals surface area contributed by atoms with Crippen LogP contribution in [-0.4, -0.2) is 10.9 Å². The fourth-order valence-electron chi connectivity index (χ4n) is 1.67. The van der Waals surface area contributed by atoms with Gasteiger partial charge in [-0.05, 0) is 30.7 Å². The predicted octanol–water partition coefficient (Wildman–Crippen LogP) is 3.88. The molecule has 2 aromatic rings. The van der Waals surface area contributed by atoms with Crippen molar-refractivity contribution in [3.63, 3.8) is 0 Å². The van der Waals surface area contributed by atoms with Gasteiger partial charge in [-0.1, -0.05) is 41.4 Å². The summed E-state index contributed by atoms with van der Waals surface area (Å²) in [4.78, 5) is 16.0. The summed E-state index contributed by atoms with van der Waals surface area (Å²) in [6.07, 6.45) is 0.224. The Balaban J connectivity index is 2.08. The van der Waals surface area contributed by atoms with Crippen molar-refractivity contribution in [1.82, 2.24) is 4.98 Å². The van der Waals surface area contributed by atoms with E-state index in [9.17, 15) is 4.79 Å². The molecule has 0 aliphatic carbocycles. The molecule has 0 saturated heterocycles. The van der Waals surface area contributed by atoms with Crippen LogP contribution < -0.4 is 5.32 Å². The van der Waals surface area contributed by atoms with Crippen molar-refractivity contribution >= 4 is 34.8 Å². The molecule has 0 unspecified atom stereocenters. The molecule has 0 bridgehead atoms. The van der Waals surface area contributed by atoms with E-state index in [1.165, 1.54) is 0 Å². The first-order chi connectivity index (χ1) is 9.06. The third-order valence-electron chi connectivity index (χ3n) is 2.63. The Bertz CT molecular complexity index is 614. The largest absolute Gasteiger partial charge is 0.324 e. The number of aromatic nitrogens is 1. The van der Waals surface area contributed by atoms with Crippen molar-refractivity contribution in [1.29, 1.82) is 0 Å². The van der Waals surface area contributed by atoms with Gasteiger partial charge in [0.2, 0.25) is 5.91 Å². The lowest BCUT2D eigenvalue weighted by Crippen LogP contribution is -2.15. The Kier molecular flexibility index (Phi) is 4.40. The Morgan fingerprint density at radius 2 is 1.95 bits per heavy atom. The van der Waals surface area contributed by atoms with E-state index in [1.807, 2.05) is 18.2 Å². The monoisotopic (exact) mass is 294 g/mol. The van der Waals surface area contributed by atoms with Crippen LogP contribution in [0, 0.1) is 6.92 Å². The van der Waals surface area contributed by atoms with Crippen LogP contribution in [0.2, 0.25) is 10.2 Å². The lowest BCUT2D eigenvalue weighted by atomic mass is 10.1. The zero-order valence-electron chi connectivity index (χ0n) is 10.3. The smallest absolute Gasteiger partial charge is 0.228 e. The summed E-state index contributed by atoms with van der Waals surface area (Å²) < 4.78 is 0. The minimum absolute atomic E-state index is 0.139. The zero-order valence-corrected chi connectivity index (χ0v) is 11.8. The Labute approximate surface area is 121 Å². The normalized spacial score (nSPS) is 10.3. The van der Waals surface area contributed by atoms with Crippen molar-refractivity contribution in [2.75, 3.05) is 5.32 Å². The molecule has 1 amide bonds. The number of aryl methyl sites for hydroxylation is 1.